The molecule has 0 unspecified atom stereocenters. The SMILES string of the molecule is CCCC(=O)Nc1ccc(CNCCC(C)(C)C)cc1. The van der Waals surface area contributed by atoms with Gasteiger partial charge in [0.15, 0.2) is 0 Å². The van der Waals surface area contributed by atoms with Crippen molar-refractivity contribution < 1.29 is 4.79 Å². The van der Waals surface area contributed by atoms with Crippen LogP contribution >= 0.6 is 0 Å². The average Bonchev–Trinajstić information content (AvgIpc) is 2.36. The number of nitrogens with one attached hydrogen (secondary N) is 2. The van der Waals surface area contributed by atoms with Crippen LogP contribution in [-0.4, -0.2) is 12.5 Å². The van der Waals surface area contributed by atoms with E-state index in [9.17, 15) is 4.79 Å². The monoisotopic (exact) mass is 276 g/mol. The van der Waals surface area contributed by atoms with Crippen molar-refractivity contribution in [2.75, 3.05) is 11.9 Å². The first kappa shape index (κ1) is 16.7. The maximum Gasteiger partial charge on any atom is 0.224 e. The topological polar surface area (TPSA) is 41.1 Å². The molecule has 20 heavy (non-hydrogen) atoms. The molecule has 112 valence electrons. The number of amides is 1. The van der Waals surface area contributed by atoms with Crippen LogP contribution in [0.4, 0.5) is 5.69 Å². The average molecular weight is 276 g/mol. The van der Waals surface area contributed by atoms with Crippen LogP contribution in [0.3, 0.4) is 0 Å². The fourth-order valence-corrected chi connectivity index (χ4v) is 1.85. The molecule has 0 spiro atoms. The van der Waals surface area contributed by atoms with Crippen molar-refractivity contribution in [3.8, 4) is 0 Å². The second-order valence-corrected chi connectivity index (χ2v) is 6.48. The van der Waals surface area contributed by atoms with E-state index in [0.717, 1.165) is 31.6 Å². The van der Waals surface area contributed by atoms with Gasteiger partial charge in [-0.2, -0.15) is 0 Å². The molecular formula is C17H28N2O. The number of hydrogen-bond donors (Lipinski definition) is 2. The van der Waals surface area contributed by atoms with E-state index in [-0.39, 0.29) is 5.91 Å². The molecule has 3 nitrogen and oxygen atoms in total. The summed E-state index contributed by atoms with van der Waals surface area (Å²) < 4.78 is 0. The van der Waals surface area contributed by atoms with Gasteiger partial charge in [-0.15, -0.1) is 0 Å². The molecule has 0 aromatic heterocycles. The maximum atomic E-state index is 11.5. The summed E-state index contributed by atoms with van der Waals surface area (Å²) in [5.41, 5.74) is 2.50. The van der Waals surface area contributed by atoms with Crippen molar-refractivity contribution in [3.63, 3.8) is 0 Å². The number of carbonyl (C=O) groups excluding carboxylic acids is 1. The Bertz CT molecular complexity index is 404. The number of carbonyl (C=O) groups is 1. The molecule has 0 aliphatic heterocycles. The third-order valence-corrected chi connectivity index (χ3v) is 3.10. The lowest BCUT2D eigenvalue weighted by atomic mass is 9.92. The molecule has 3 heteroatoms. The van der Waals surface area contributed by atoms with Gasteiger partial charge in [0.1, 0.15) is 0 Å². The van der Waals surface area contributed by atoms with Gasteiger partial charge in [-0.3, -0.25) is 4.79 Å². The summed E-state index contributed by atoms with van der Waals surface area (Å²) >= 11 is 0. The lowest BCUT2D eigenvalue weighted by Crippen LogP contribution is -2.20. The second-order valence-electron chi connectivity index (χ2n) is 6.48. The van der Waals surface area contributed by atoms with Gasteiger partial charge in [-0.25, -0.2) is 0 Å². The van der Waals surface area contributed by atoms with Crippen molar-refractivity contribution in [3.05, 3.63) is 29.8 Å². The van der Waals surface area contributed by atoms with E-state index in [0.29, 0.717) is 11.8 Å². The van der Waals surface area contributed by atoms with Gasteiger partial charge >= 0.3 is 0 Å². The first-order chi connectivity index (χ1) is 9.40. The summed E-state index contributed by atoms with van der Waals surface area (Å²) in [4.78, 5) is 11.5. The Morgan fingerprint density at radius 2 is 1.80 bits per heavy atom. The highest BCUT2D eigenvalue weighted by Gasteiger charge is 2.08. The molecule has 1 aromatic carbocycles. The van der Waals surface area contributed by atoms with Crippen LogP contribution in [0.15, 0.2) is 24.3 Å². The summed E-state index contributed by atoms with van der Waals surface area (Å²) in [6, 6.07) is 8.06. The summed E-state index contributed by atoms with van der Waals surface area (Å²) in [6.07, 6.45) is 2.62. The maximum absolute atomic E-state index is 11.5. The van der Waals surface area contributed by atoms with E-state index in [1.54, 1.807) is 0 Å². The Labute approximate surface area is 123 Å². The summed E-state index contributed by atoms with van der Waals surface area (Å²) in [5, 5.41) is 6.35. The summed E-state index contributed by atoms with van der Waals surface area (Å²) in [7, 11) is 0. The predicted octanol–water partition coefficient (Wildman–Crippen LogP) is 3.95. The highest BCUT2D eigenvalue weighted by atomic mass is 16.1. The van der Waals surface area contributed by atoms with Crippen LogP contribution in [-0.2, 0) is 11.3 Å². The zero-order valence-corrected chi connectivity index (χ0v) is 13.3. The van der Waals surface area contributed by atoms with Crippen molar-refractivity contribution in [1.82, 2.24) is 5.32 Å². The van der Waals surface area contributed by atoms with Gasteiger partial charge in [0, 0.05) is 18.7 Å². The first-order valence-corrected chi connectivity index (χ1v) is 7.50. The molecule has 0 saturated heterocycles. The number of anilines is 1. The summed E-state index contributed by atoms with van der Waals surface area (Å²) in [5.74, 6) is 0.0866. The lowest BCUT2D eigenvalue weighted by molar-refractivity contribution is -0.116. The molecule has 0 radical (unpaired) electrons. The molecule has 0 heterocycles. The van der Waals surface area contributed by atoms with Crippen LogP contribution in [0.5, 0.6) is 0 Å². The normalized spacial score (nSPS) is 11.4. The first-order valence-electron chi connectivity index (χ1n) is 7.50. The Kier molecular flexibility index (Phi) is 6.73. The lowest BCUT2D eigenvalue weighted by Gasteiger charge is -2.18. The Morgan fingerprint density at radius 1 is 1.15 bits per heavy atom. The number of hydrogen-bond acceptors (Lipinski definition) is 2. The minimum absolute atomic E-state index is 0.0866. The third-order valence-electron chi connectivity index (χ3n) is 3.10. The smallest absolute Gasteiger partial charge is 0.224 e. The van der Waals surface area contributed by atoms with Gasteiger partial charge in [0.05, 0.1) is 0 Å². The largest absolute Gasteiger partial charge is 0.326 e. The van der Waals surface area contributed by atoms with Gasteiger partial charge < -0.3 is 10.6 Å². The molecule has 0 bridgehead atoms. The fraction of sp³-hybridized carbons (Fsp3) is 0.588. The van der Waals surface area contributed by atoms with Crippen molar-refractivity contribution in [2.45, 2.75) is 53.5 Å². The minimum atomic E-state index is 0.0866. The molecule has 2 N–H and O–H groups in total. The van der Waals surface area contributed by atoms with E-state index < -0.39 is 0 Å². The van der Waals surface area contributed by atoms with Crippen molar-refractivity contribution in [1.29, 1.82) is 0 Å². The van der Waals surface area contributed by atoms with E-state index in [1.165, 1.54) is 5.56 Å². The van der Waals surface area contributed by atoms with Crippen LogP contribution < -0.4 is 10.6 Å². The van der Waals surface area contributed by atoms with Crippen LogP contribution in [0.25, 0.3) is 0 Å². The fourth-order valence-electron chi connectivity index (χ4n) is 1.85. The number of benzene rings is 1. The van der Waals surface area contributed by atoms with Gasteiger partial charge in [-0.1, -0.05) is 39.8 Å². The Hall–Kier alpha value is -1.35. The third kappa shape index (κ3) is 7.29. The Morgan fingerprint density at radius 3 is 2.35 bits per heavy atom. The summed E-state index contributed by atoms with van der Waals surface area (Å²) in [6.45, 7) is 10.7. The zero-order valence-electron chi connectivity index (χ0n) is 13.3. The molecule has 0 atom stereocenters. The van der Waals surface area contributed by atoms with E-state index >= 15 is 0 Å². The van der Waals surface area contributed by atoms with Gasteiger partial charge in [0.2, 0.25) is 5.91 Å². The molecule has 0 fully saturated rings. The van der Waals surface area contributed by atoms with Gasteiger partial charge in [-0.05, 0) is 42.5 Å². The zero-order chi connectivity index (χ0) is 15.0. The van der Waals surface area contributed by atoms with Crippen molar-refractivity contribution in [2.24, 2.45) is 5.41 Å². The van der Waals surface area contributed by atoms with E-state index in [1.807, 2.05) is 19.1 Å². The minimum Gasteiger partial charge on any atom is -0.326 e. The molecule has 0 saturated carbocycles. The highest BCUT2D eigenvalue weighted by molar-refractivity contribution is 5.90. The molecule has 1 rings (SSSR count). The molecule has 1 aromatic rings. The van der Waals surface area contributed by atoms with Crippen LogP contribution in [0.2, 0.25) is 0 Å². The second kappa shape index (κ2) is 8.05. The number of rotatable bonds is 7. The molecule has 0 aliphatic rings. The molecular weight excluding hydrogens is 248 g/mol. The predicted molar refractivity (Wildman–Crippen MR) is 85.8 cm³/mol. The standard InChI is InChI=1S/C17H28N2O/c1-5-6-16(20)19-15-9-7-14(8-10-15)13-18-12-11-17(2,3)4/h7-10,18H,5-6,11-13H2,1-4H3,(H,19,20). The van der Waals surface area contributed by atoms with Crippen LogP contribution in [0, 0.1) is 5.41 Å². The van der Waals surface area contributed by atoms with Crippen molar-refractivity contribution >= 4 is 11.6 Å². The van der Waals surface area contributed by atoms with E-state index in [2.05, 4.69) is 43.5 Å². The van der Waals surface area contributed by atoms with E-state index in [4.69, 9.17) is 0 Å². The Balaban J connectivity index is 2.33. The quantitative estimate of drug-likeness (QED) is 0.740. The van der Waals surface area contributed by atoms with Gasteiger partial charge in [0.25, 0.3) is 0 Å². The molecule has 1 amide bonds. The molecule has 0 aliphatic carbocycles. The van der Waals surface area contributed by atoms with Crippen LogP contribution in [0.1, 0.15) is 52.5 Å². The highest BCUT2D eigenvalue weighted by Crippen LogP contribution is 2.17.